The summed E-state index contributed by atoms with van der Waals surface area (Å²) in [6.45, 7) is 7.55. The Bertz CT molecular complexity index is 884. The first-order valence-electron chi connectivity index (χ1n) is 10.6. The number of hydrogen-bond donors (Lipinski definition) is 1. The molecule has 0 atom stereocenters. The van der Waals surface area contributed by atoms with E-state index in [1.54, 1.807) is 4.90 Å². The minimum atomic E-state index is -0.555. The van der Waals surface area contributed by atoms with Crippen molar-refractivity contribution in [2.24, 2.45) is 13.0 Å². The van der Waals surface area contributed by atoms with Gasteiger partial charge in [-0.3, -0.25) is 4.79 Å². The largest absolute Gasteiger partial charge is 0.353 e. The second kappa shape index (κ2) is 11.7. The molecule has 0 radical (unpaired) electrons. The third-order valence-electron chi connectivity index (χ3n) is 4.91. The fourth-order valence-corrected chi connectivity index (χ4v) is 3.38. The number of amides is 3. The highest BCUT2D eigenvalue weighted by Gasteiger charge is 2.23. The summed E-state index contributed by atoms with van der Waals surface area (Å²) in [7, 11) is 1.95. The van der Waals surface area contributed by atoms with Crippen molar-refractivity contribution in [3.8, 4) is 0 Å². The van der Waals surface area contributed by atoms with Gasteiger partial charge >= 0.3 is 6.03 Å². The zero-order chi connectivity index (χ0) is 23.0. The van der Waals surface area contributed by atoms with E-state index < -0.39 is 11.8 Å². The average Bonchev–Trinajstić information content (AvgIpc) is 3.11. The normalized spacial score (nSPS) is 10.9. The van der Waals surface area contributed by atoms with E-state index in [1.807, 2.05) is 43.8 Å². The van der Waals surface area contributed by atoms with Gasteiger partial charge in [-0.25, -0.2) is 9.18 Å². The van der Waals surface area contributed by atoms with E-state index >= 15 is 0 Å². The first-order chi connectivity index (χ1) is 14.7. The minimum Gasteiger partial charge on any atom is -0.353 e. The summed E-state index contributed by atoms with van der Waals surface area (Å²) in [5.74, 6) is -0.490. The number of nitrogens with zero attached hydrogens (tertiary/aromatic N) is 3. The molecular formula is C23H32ClFN4O2. The number of rotatable bonds is 10. The molecule has 0 saturated carbocycles. The van der Waals surface area contributed by atoms with Gasteiger partial charge < -0.3 is 19.7 Å². The second-order valence-corrected chi connectivity index (χ2v) is 8.52. The second-order valence-electron chi connectivity index (χ2n) is 8.11. The molecule has 0 fully saturated rings. The Morgan fingerprint density at radius 3 is 2.55 bits per heavy atom. The van der Waals surface area contributed by atoms with Crippen LogP contribution in [0.4, 0.5) is 14.9 Å². The van der Waals surface area contributed by atoms with Crippen LogP contribution < -0.4 is 5.32 Å². The molecule has 0 unspecified atom stereocenters. The summed E-state index contributed by atoms with van der Waals surface area (Å²) >= 11 is 5.81. The van der Waals surface area contributed by atoms with E-state index in [4.69, 9.17) is 11.6 Å². The number of carbonyl (C=O) groups excluding carboxylic acids is 2. The lowest BCUT2D eigenvalue weighted by Crippen LogP contribution is -2.46. The van der Waals surface area contributed by atoms with Crippen LogP contribution in [0.25, 0.3) is 0 Å². The van der Waals surface area contributed by atoms with E-state index in [1.165, 1.54) is 23.1 Å². The van der Waals surface area contributed by atoms with Crippen LogP contribution in [0.1, 0.15) is 39.3 Å². The van der Waals surface area contributed by atoms with Crippen LogP contribution in [-0.2, 0) is 18.4 Å². The number of unbranched alkanes of at least 4 members (excludes halogenated alkanes) is 1. The average molecular weight is 451 g/mol. The van der Waals surface area contributed by atoms with Gasteiger partial charge in [0.2, 0.25) is 5.91 Å². The number of aromatic nitrogens is 1. The smallest absolute Gasteiger partial charge is 0.322 e. The summed E-state index contributed by atoms with van der Waals surface area (Å²) in [5.41, 5.74) is 1.41. The number of benzene rings is 1. The van der Waals surface area contributed by atoms with Gasteiger partial charge in [0.15, 0.2) is 0 Å². The number of aryl methyl sites for hydroxylation is 1. The molecule has 6 nitrogen and oxygen atoms in total. The van der Waals surface area contributed by atoms with Crippen LogP contribution in [0.3, 0.4) is 0 Å². The van der Waals surface area contributed by atoms with Crippen molar-refractivity contribution < 1.29 is 14.0 Å². The minimum absolute atomic E-state index is 0.0346. The highest BCUT2D eigenvalue weighted by molar-refractivity contribution is 6.31. The van der Waals surface area contributed by atoms with E-state index in [0.717, 1.165) is 18.5 Å². The van der Waals surface area contributed by atoms with E-state index in [-0.39, 0.29) is 23.4 Å². The molecular weight excluding hydrogens is 419 g/mol. The molecule has 1 aromatic carbocycles. The Balaban J connectivity index is 2.13. The Hall–Kier alpha value is -2.54. The fourth-order valence-electron chi connectivity index (χ4n) is 3.20. The molecule has 2 rings (SSSR count). The van der Waals surface area contributed by atoms with Crippen LogP contribution in [0.5, 0.6) is 0 Å². The van der Waals surface area contributed by atoms with E-state index in [2.05, 4.69) is 12.2 Å². The van der Waals surface area contributed by atoms with Crippen LogP contribution in [0.2, 0.25) is 5.02 Å². The molecule has 0 bridgehead atoms. The number of carbonyl (C=O) groups is 2. The lowest BCUT2D eigenvalue weighted by Gasteiger charge is -2.29. The maximum Gasteiger partial charge on any atom is 0.322 e. The molecule has 0 spiro atoms. The molecule has 170 valence electrons. The summed E-state index contributed by atoms with van der Waals surface area (Å²) in [6.07, 6.45) is 3.81. The lowest BCUT2D eigenvalue weighted by atomic mass is 10.2. The van der Waals surface area contributed by atoms with Gasteiger partial charge in [0.05, 0.1) is 11.6 Å². The third kappa shape index (κ3) is 7.58. The topological polar surface area (TPSA) is 57.6 Å². The summed E-state index contributed by atoms with van der Waals surface area (Å²) < 4.78 is 15.4. The van der Waals surface area contributed by atoms with E-state index in [0.29, 0.717) is 25.3 Å². The van der Waals surface area contributed by atoms with Crippen molar-refractivity contribution in [3.05, 3.63) is 53.1 Å². The van der Waals surface area contributed by atoms with Crippen molar-refractivity contribution in [1.82, 2.24) is 14.4 Å². The van der Waals surface area contributed by atoms with Crippen molar-refractivity contribution in [2.75, 3.05) is 25.0 Å². The van der Waals surface area contributed by atoms with Gasteiger partial charge in [0.25, 0.3) is 0 Å². The number of anilines is 1. The lowest BCUT2D eigenvalue weighted by molar-refractivity contribution is -0.132. The standard InChI is InChI=1S/C23H32ClFN4O2/c1-5-6-12-28(15-19-8-7-11-27(19)4)22(30)16-29(14-17(2)3)23(31)26-18-9-10-21(25)20(24)13-18/h7-11,13,17H,5-6,12,14-16H2,1-4H3,(H,26,31). The van der Waals surface area contributed by atoms with Crippen molar-refractivity contribution in [2.45, 2.75) is 40.2 Å². The zero-order valence-electron chi connectivity index (χ0n) is 18.7. The number of urea groups is 1. The Kier molecular flexibility index (Phi) is 9.37. The van der Waals surface area contributed by atoms with Gasteiger partial charge in [-0.15, -0.1) is 0 Å². The molecule has 31 heavy (non-hydrogen) atoms. The van der Waals surface area contributed by atoms with Gasteiger partial charge in [0.1, 0.15) is 12.4 Å². The molecule has 0 saturated heterocycles. The number of hydrogen-bond acceptors (Lipinski definition) is 2. The highest BCUT2D eigenvalue weighted by Crippen LogP contribution is 2.20. The monoisotopic (exact) mass is 450 g/mol. The molecule has 1 heterocycles. The third-order valence-corrected chi connectivity index (χ3v) is 5.20. The predicted molar refractivity (Wildman–Crippen MR) is 123 cm³/mol. The van der Waals surface area contributed by atoms with Crippen LogP contribution in [-0.4, -0.2) is 45.9 Å². The predicted octanol–water partition coefficient (Wildman–Crippen LogP) is 5.14. The fraction of sp³-hybridized carbons (Fsp3) is 0.478. The first kappa shape index (κ1) is 24.7. The number of nitrogens with one attached hydrogen (secondary N) is 1. The van der Waals surface area contributed by atoms with Crippen molar-refractivity contribution >= 4 is 29.2 Å². The van der Waals surface area contributed by atoms with E-state index in [9.17, 15) is 14.0 Å². The molecule has 0 aliphatic carbocycles. The SMILES string of the molecule is CCCCN(Cc1cccn1C)C(=O)CN(CC(C)C)C(=O)Nc1ccc(F)c(Cl)c1. The molecule has 8 heteroatoms. The Morgan fingerprint density at radius 1 is 1.23 bits per heavy atom. The first-order valence-corrected chi connectivity index (χ1v) is 11.0. The van der Waals surface area contributed by atoms with Gasteiger partial charge in [-0.2, -0.15) is 0 Å². The van der Waals surface area contributed by atoms with Crippen LogP contribution in [0.15, 0.2) is 36.5 Å². The maximum atomic E-state index is 13.4. The molecule has 2 aromatic rings. The quantitative estimate of drug-likeness (QED) is 0.545. The Morgan fingerprint density at radius 2 is 1.97 bits per heavy atom. The molecule has 0 aliphatic rings. The molecule has 0 aliphatic heterocycles. The van der Waals surface area contributed by atoms with Gasteiger partial charge in [-0.1, -0.05) is 38.8 Å². The van der Waals surface area contributed by atoms with Gasteiger partial charge in [-0.05, 0) is 42.7 Å². The summed E-state index contributed by atoms with van der Waals surface area (Å²) in [4.78, 5) is 29.3. The Labute approximate surface area is 189 Å². The van der Waals surface area contributed by atoms with Crippen molar-refractivity contribution in [1.29, 1.82) is 0 Å². The molecule has 1 aromatic heterocycles. The maximum absolute atomic E-state index is 13.4. The van der Waals surface area contributed by atoms with Gasteiger partial charge in [0, 0.05) is 37.7 Å². The number of halogens is 2. The van der Waals surface area contributed by atoms with Crippen LogP contribution >= 0.6 is 11.6 Å². The molecule has 1 N–H and O–H groups in total. The van der Waals surface area contributed by atoms with Crippen molar-refractivity contribution in [3.63, 3.8) is 0 Å². The van der Waals surface area contributed by atoms with Crippen LogP contribution in [0, 0.1) is 11.7 Å². The molecule has 3 amide bonds. The summed E-state index contributed by atoms with van der Waals surface area (Å²) in [6, 6.07) is 7.51. The summed E-state index contributed by atoms with van der Waals surface area (Å²) in [5, 5.41) is 2.65. The highest BCUT2D eigenvalue weighted by atomic mass is 35.5. The zero-order valence-corrected chi connectivity index (χ0v) is 19.5.